The van der Waals surface area contributed by atoms with Crippen LogP contribution in [0.5, 0.6) is 0 Å². The number of hydrogen-bond acceptors (Lipinski definition) is 2. The van der Waals surface area contributed by atoms with Crippen LogP contribution < -0.4 is 5.32 Å². The van der Waals surface area contributed by atoms with Gasteiger partial charge in [0.15, 0.2) is 0 Å². The molecule has 1 aliphatic carbocycles. The molecule has 0 bridgehead atoms. The minimum atomic E-state index is -4.42. The standard InChI is InChI=1S/C20H25F3N2O/c1-3-24-13-16-17(14-8-7-9-15(12-14)20(21,22)23)18(26)25(2)19(16)10-5-4-6-11-19/h7-9,12,24H,3-6,10-11,13H2,1-2H3. The summed E-state index contributed by atoms with van der Waals surface area (Å²) < 4.78 is 39.5. The van der Waals surface area contributed by atoms with Crippen LogP contribution in [0.1, 0.15) is 50.2 Å². The van der Waals surface area contributed by atoms with E-state index < -0.39 is 11.7 Å². The van der Waals surface area contributed by atoms with Gasteiger partial charge in [-0.25, -0.2) is 0 Å². The van der Waals surface area contributed by atoms with E-state index in [2.05, 4.69) is 5.32 Å². The molecule has 0 saturated heterocycles. The van der Waals surface area contributed by atoms with Crippen molar-refractivity contribution in [3.05, 3.63) is 41.0 Å². The van der Waals surface area contributed by atoms with Gasteiger partial charge in [0, 0.05) is 19.2 Å². The Balaban J connectivity index is 2.14. The van der Waals surface area contributed by atoms with Crippen LogP contribution >= 0.6 is 0 Å². The Bertz CT molecular complexity index is 718. The first-order valence-corrected chi connectivity index (χ1v) is 9.21. The Morgan fingerprint density at radius 2 is 1.88 bits per heavy atom. The monoisotopic (exact) mass is 366 g/mol. The van der Waals surface area contributed by atoms with Crippen LogP contribution in [-0.2, 0) is 11.0 Å². The molecule has 1 spiro atoms. The Morgan fingerprint density at radius 3 is 2.50 bits per heavy atom. The lowest BCUT2D eigenvalue weighted by Crippen LogP contribution is -2.48. The summed E-state index contributed by atoms with van der Waals surface area (Å²) in [6.07, 6.45) is 0.523. The number of amides is 1. The Labute approximate surface area is 152 Å². The maximum Gasteiger partial charge on any atom is 0.416 e. The van der Waals surface area contributed by atoms with Crippen molar-refractivity contribution in [3.63, 3.8) is 0 Å². The smallest absolute Gasteiger partial charge is 0.332 e. The molecular formula is C20H25F3N2O. The van der Waals surface area contributed by atoms with Gasteiger partial charge in [-0.05, 0) is 42.7 Å². The predicted molar refractivity (Wildman–Crippen MR) is 95.5 cm³/mol. The fraction of sp³-hybridized carbons (Fsp3) is 0.550. The highest BCUT2D eigenvalue weighted by Gasteiger charge is 2.49. The van der Waals surface area contributed by atoms with Gasteiger partial charge in [-0.2, -0.15) is 13.2 Å². The van der Waals surface area contributed by atoms with Crippen LogP contribution in [0.4, 0.5) is 13.2 Å². The molecule has 6 heteroatoms. The molecule has 0 unspecified atom stereocenters. The van der Waals surface area contributed by atoms with Crippen LogP contribution in [0.2, 0.25) is 0 Å². The van der Waals surface area contributed by atoms with Gasteiger partial charge in [0.05, 0.1) is 11.1 Å². The highest BCUT2D eigenvalue weighted by Crippen LogP contribution is 2.47. The molecule has 1 fully saturated rings. The molecule has 142 valence electrons. The van der Waals surface area contributed by atoms with E-state index in [4.69, 9.17) is 0 Å². The summed E-state index contributed by atoms with van der Waals surface area (Å²) in [5.74, 6) is -0.167. The van der Waals surface area contributed by atoms with E-state index >= 15 is 0 Å². The van der Waals surface area contributed by atoms with Crippen LogP contribution in [0, 0.1) is 0 Å². The van der Waals surface area contributed by atoms with Gasteiger partial charge < -0.3 is 10.2 Å². The van der Waals surface area contributed by atoms with E-state index in [-0.39, 0.29) is 11.4 Å². The normalized spacial score (nSPS) is 20.3. The number of benzene rings is 1. The predicted octanol–water partition coefficient (Wildman–Crippen LogP) is 4.24. The maximum atomic E-state index is 13.2. The molecule has 1 heterocycles. The maximum absolute atomic E-state index is 13.2. The number of alkyl halides is 3. The molecule has 1 aromatic carbocycles. The second-order valence-electron chi connectivity index (χ2n) is 7.17. The molecule has 26 heavy (non-hydrogen) atoms. The summed E-state index contributed by atoms with van der Waals surface area (Å²) in [6, 6.07) is 5.15. The number of halogens is 3. The van der Waals surface area contributed by atoms with E-state index in [9.17, 15) is 18.0 Å². The van der Waals surface area contributed by atoms with Crippen molar-refractivity contribution in [3.8, 4) is 0 Å². The lowest BCUT2D eigenvalue weighted by molar-refractivity contribution is -0.137. The second kappa shape index (κ2) is 7.06. The highest BCUT2D eigenvalue weighted by atomic mass is 19.4. The number of carbonyl (C=O) groups is 1. The van der Waals surface area contributed by atoms with Gasteiger partial charge in [0.1, 0.15) is 0 Å². The molecule has 1 amide bonds. The average Bonchev–Trinajstić information content (AvgIpc) is 2.82. The number of likely N-dealkylation sites (N-methyl/N-ethyl adjacent to an activating group) is 2. The third-order valence-corrected chi connectivity index (χ3v) is 5.74. The number of hydrogen-bond donors (Lipinski definition) is 1. The summed E-state index contributed by atoms with van der Waals surface area (Å²) in [6.45, 7) is 3.25. The Kier molecular flexibility index (Phi) is 5.15. The van der Waals surface area contributed by atoms with Crippen LogP contribution in [0.3, 0.4) is 0 Å². The highest BCUT2D eigenvalue weighted by molar-refractivity contribution is 6.23. The van der Waals surface area contributed by atoms with Crippen molar-refractivity contribution in [2.75, 3.05) is 20.1 Å². The molecule has 1 aliphatic heterocycles. The van der Waals surface area contributed by atoms with Gasteiger partial charge in [-0.15, -0.1) is 0 Å². The number of rotatable bonds is 4. The van der Waals surface area contributed by atoms with Crippen molar-refractivity contribution < 1.29 is 18.0 Å². The van der Waals surface area contributed by atoms with E-state index in [1.807, 2.05) is 6.92 Å². The van der Waals surface area contributed by atoms with Gasteiger partial charge >= 0.3 is 6.18 Å². The molecule has 3 rings (SSSR count). The number of carbonyl (C=O) groups excluding carboxylic acids is 1. The van der Waals surface area contributed by atoms with Gasteiger partial charge in [-0.1, -0.05) is 38.3 Å². The number of nitrogens with one attached hydrogen (secondary N) is 1. The van der Waals surface area contributed by atoms with Crippen molar-refractivity contribution >= 4 is 11.5 Å². The fourth-order valence-corrected chi connectivity index (χ4v) is 4.35. The van der Waals surface area contributed by atoms with Crippen molar-refractivity contribution in [1.82, 2.24) is 10.2 Å². The lowest BCUT2D eigenvalue weighted by Gasteiger charge is -2.42. The first-order valence-electron chi connectivity index (χ1n) is 9.21. The molecular weight excluding hydrogens is 341 g/mol. The zero-order chi connectivity index (χ0) is 18.9. The molecule has 0 radical (unpaired) electrons. The van der Waals surface area contributed by atoms with E-state index in [0.717, 1.165) is 56.4 Å². The quantitative estimate of drug-likeness (QED) is 0.864. The Morgan fingerprint density at radius 1 is 1.19 bits per heavy atom. The zero-order valence-electron chi connectivity index (χ0n) is 15.2. The van der Waals surface area contributed by atoms with E-state index in [1.165, 1.54) is 6.07 Å². The minimum absolute atomic E-state index is 0.167. The summed E-state index contributed by atoms with van der Waals surface area (Å²) in [5.41, 5.74) is 0.686. The molecule has 0 aromatic heterocycles. The fourth-order valence-electron chi connectivity index (χ4n) is 4.35. The molecule has 1 saturated carbocycles. The second-order valence-corrected chi connectivity index (χ2v) is 7.17. The molecule has 1 N–H and O–H groups in total. The molecule has 3 nitrogen and oxygen atoms in total. The van der Waals surface area contributed by atoms with Gasteiger partial charge in [0.25, 0.3) is 5.91 Å². The van der Waals surface area contributed by atoms with Crippen molar-refractivity contribution in [2.45, 2.75) is 50.7 Å². The minimum Gasteiger partial charge on any atom is -0.332 e. The molecule has 0 atom stereocenters. The zero-order valence-corrected chi connectivity index (χ0v) is 15.2. The SMILES string of the molecule is CCNCC1=C(c2cccc(C(F)(F)F)c2)C(=O)N(C)C12CCCCC2. The third-order valence-electron chi connectivity index (χ3n) is 5.74. The van der Waals surface area contributed by atoms with Crippen molar-refractivity contribution in [2.24, 2.45) is 0 Å². The Hall–Kier alpha value is -1.82. The number of nitrogens with zero attached hydrogens (tertiary/aromatic N) is 1. The summed E-state index contributed by atoms with van der Waals surface area (Å²) >= 11 is 0. The van der Waals surface area contributed by atoms with Gasteiger partial charge in [-0.3, -0.25) is 4.79 Å². The lowest BCUT2D eigenvalue weighted by atomic mass is 9.75. The van der Waals surface area contributed by atoms with Crippen LogP contribution in [0.25, 0.3) is 5.57 Å². The summed E-state index contributed by atoms with van der Waals surface area (Å²) in [7, 11) is 1.79. The van der Waals surface area contributed by atoms with Gasteiger partial charge in [0.2, 0.25) is 0 Å². The third kappa shape index (κ3) is 3.15. The summed E-state index contributed by atoms with van der Waals surface area (Å²) in [4.78, 5) is 14.8. The van der Waals surface area contributed by atoms with Crippen LogP contribution in [0.15, 0.2) is 29.8 Å². The average molecular weight is 366 g/mol. The first-order chi connectivity index (χ1) is 12.3. The first kappa shape index (κ1) is 19.0. The topological polar surface area (TPSA) is 32.3 Å². The molecule has 2 aliphatic rings. The van der Waals surface area contributed by atoms with Crippen LogP contribution in [-0.4, -0.2) is 36.5 Å². The van der Waals surface area contributed by atoms with E-state index in [1.54, 1.807) is 18.0 Å². The summed E-state index contributed by atoms with van der Waals surface area (Å²) in [5, 5.41) is 3.29. The van der Waals surface area contributed by atoms with E-state index in [0.29, 0.717) is 17.7 Å². The van der Waals surface area contributed by atoms with Crippen molar-refractivity contribution in [1.29, 1.82) is 0 Å². The largest absolute Gasteiger partial charge is 0.416 e. The molecule has 1 aromatic rings.